The van der Waals surface area contributed by atoms with E-state index in [4.69, 9.17) is 0 Å². The standard InChI is InChI=1S/C12H22N2O2S/c15-17(16)8-11(13-7-10-3-4-10)12(9-17)14-5-1-2-6-14/h10-13H,1-9H2. The average molecular weight is 258 g/mol. The van der Waals surface area contributed by atoms with E-state index >= 15 is 0 Å². The molecule has 5 heteroatoms. The van der Waals surface area contributed by atoms with Gasteiger partial charge in [-0.15, -0.1) is 0 Å². The van der Waals surface area contributed by atoms with Crippen molar-refractivity contribution in [2.24, 2.45) is 5.92 Å². The van der Waals surface area contributed by atoms with Crippen molar-refractivity contribution >= 4 is 9.84 Å². The van der Waals surface area contributed by atoms with Crippen molar-refractivity contribution in [1.82, 2.24) is 10.2 Å². The van der Waals surface area contributed by atoms with Crippen molar-refractivity contribution < 1.29 is 8.42 Å². The summed E-state index contributed by atoms with van der Waals surface area (Å²) < 4.78 is 23.6. The second-order valence-electron chi connectivity index (χ2n) is 5.85. The Labute approximate surface area is 104 Å². The highest BCUT2D eigenvalue weighted by Crippen LogP contribution is 2.29. The summed E-state index contributed by atoms with van der Waals surface area (Å²) in [6, 6.07) is 0.417. The zero-order chi connectivity index (χ0) is 11.9. The molecule has 4 nitrogen and oxygen atoms in total. The third-order valence-corrected chi connectivity index (χ3v) is 6.01. The molecule has 2 unspecified atom stereocenters. The molecule has 2 heterocycles. The molecule has 1 aliphatic carbocycles. The second-order valence-corrected chi connectivity index (χ2v) is 8.00. The molecule has 98 valence electrons. The maximum absolute atomic E-state index is 11.8. The molecular weight excluding hydrogens is 236 g/mol. The van der Waals surface area contributed by atoms with Gasteiger partial charge in [-0.05, 0) is 51.2 Å². The van der Waals surface area contributed by atoms with Crippen molar-refractivity contribution in [2.75, 3.05) is 31.1 Å². The Morgan fingerprint density at radius 1 is 1.12 bits per heavy atom. The van der Waals surface area contributed by atoms with Gasteiger partial charge >= 0.3 is 0 Å². The normalized spacial score (nSPS) is 37.6. The van der Waals surface area contributed by atoms with Gasteiger partial charge in [-0.1, -0.05) is 0 Å². The monoisotopic (exact) mass is 258 g/mol. The Bertz CT molecular complexity index is 372. The number of hydrogen-bond acceptors (Lipinski definition) is 4. The van der Waals surface area contributed by atoms with E-state index in [2.05, 4.69) is 10.2 Å². The first kappa shape index (κ1) is 11.9. The van der Waals surface area contributed by atoms with Crippen molar-refractivity contribution in [1.29, 1.82) is 0 Å². The first-order valence-corrected chi connectivity index (χ1v) is 8.64. The minimum absolute atomic E-state index is 0.179. The van der Waals surface area contributed by atoms with Crippen LogP contribution in [0.4, 0.5) is 0 Å². The highest BCUT2D eigenvalue weighted by molar-refractivity contribution is 7.91. The molecule has 2 atom stereocenters. The van der Waals surface area contributed by atoms with Gasteiger partial charge in [-0.3, -0.25) is 4.90 Å². The van der Waals surface area contributed by atoms with Crippen molar-refractivity contribution in [3.8, 4) is 0 Å². The lowest BCUT2D eigenvalue weighted by atomic mass is 10.1. The summed E-state index contributed by atoms with van der Waals surface area (Å²) in [5.41, 5.74) is 0. The van der Waals surface area contributed by atoms with Gasteiger partial charge in [0.05, 0.1) is 11.5 Å². The Balaban J connectivity index is 1.64. The van der Waals surface area contributed by atoms with E-state index in [0.29, 0.717) is 11.5 Å². The fraction of sp³-hybridized carbons (Fsp3) is 1.00. The molecule has 0 bridgehead atoms. The van der Waals surface area contributed by atoms with E-state index < -0.39 is 9.84 Å². The topological polar surface area (TPSA) is 49.4 Å². The molecule has 1 saturated carbocycles. The molecule has 1 N–H and O–H groups in total. The van der Waals surface area contributed by atoms with Gasteiger partial charge in [0.2, 0.25) is 0 Å². The fourth-order valence-corrected chi connectivity index (χ4v) is 5.08. The van der Waals surface area contributed by atoms with Crippen LogP contribution in [0.5, 0.6) is 0 Å². The number of sulfone groups is 1. The van der Waals surface area contributed by atoms with E-state index in [1.807, 2.05) is 0 Å². The van der Waals surface area contributed by atoms with E-state index in [0.717, 1.165) is 25.6 Å². The minimum Gasteiger partial charge on any atom is -0.311 e. The lowest BCUT2D eigenvalue weighted by Crippen LogP contribution is -2.48. The summed E-state index contributed by atoms with van der Waals surface area (Å²) in [4.78, 5) is 2.38. The molecule has 2 aliphatic heterocycles. The molecule has 0 aromatic heterocycles. The van der Waals surface area contributed by atoms with E-state index in [1.165, 1.54) is 25.7 Å². The molecule has 3 fully saturated rings. The van der Waals surface area contributed by atoms with Crippen LogP contribution in [-0.2, 0) is 9.84 Å². The predicted molar refractivity (Wildman–Crippen MR) is 67.8 cm³/mol. The highest BCUT2D eigenvalue weighted by atomic mass is 32.2. The summed E-state index contributed by atoms with van der Waals surface area (Å²) in [5, 5.41) is 3.51. The summed E-state index contributed by atoms with van der Waals surface area (Å²) in [6.07, 6.45) is 5.10. The summed E-state index contributed by atoms with van der Waals surface area (Å²) in [7, 11) is -2.81. The van der Waals surface area contributed by atoms with Gasteiger partial charge in [0.25, 0.3) is 0 Å². The maximum Gasteiger partial charge on any atom is 0.153 e. The van der Waals surface area contributed by atoms with Crippen LogP contribution in [-0.4, -0.2) is 56.5 Å². The van der Waals surface area contributed by atoms with Crippen molar-refractivity contribution in [3.05, 3.63) is 0 Å². The van der Waals surface area contributed by atoms with Crippen molar-refractivity contribution in [2.45, 2.75) is 37.8 Å². The van der Waals surface area contributed by atoms with Crippen LogP contribution in [0, 0.1) is 5.92 Å². The van der Waals surface area contributed by atoms with Gasteiger partial charge in [-0.2, -0.15) is 0 Å². The number of nitrogens with one attached hydrogen (secondary N) is 1. The van der Waals surface area contributed by atoms with Gasteiger partial charge in [-0.25, -0.2) is 8.42 Å². The molecule has 0 aromatic rings. The lowest BCUT2D eigenvalue weighted by molar-refractivity contribution is 0.225. The molecule has 0 amide bonds. The molecule has 17 heavy (non-hydrogen) atoms. The van der Waals surface area contributed by atoms with Crippen LogP contribution in [0.1, 0.15) is 25.7 Å². The van der Waals surface area contributed by atoms with Gasteiger partial charge < -0.3 is 5.32 Å². The number of nitrogens with zero attached hydrogens (tertiary/aromatic N) is 1. The van der Waals surface area contributed by atoms with Crippen molar-refractivity contribution in [3.63, 3.8) is 0 Å². The zero-order valence-corrected chi connectivity index (χ0v) is 11.1. The summed E-state index contributed by atoms with van der Waals surface area (Å²) in [5.74, 6) is 1.54. The van der Waals surface area contributed by atoms with Crippen LogP contribution in [0.15, 0.2) is 0 Å². The number of rotatable bonds is 4. The molecule has 3 rings (SSSR count). The summed E-state index contributed by atoms with van der Waals surface area (Å²) in [6.45, 7) is 3.19. The Kier molecular flexibility index (Phi) is 3.17. The predicted octanol–water partition coefficient (Wildman–Crippen LogP) is 0.247. The van der Waals surface area contributed by atoms with Crippen LogP contribution in [0.3, 0.4) is 0 Å². The first-order valence-electron chi connectivity index (χ1n) is 6.82. The SMILES string of the molecule is O=S1(=O)CC(NCC2CC2)C(N2CCCC2)C1. The van der Waals surface area contributed by atoms with E-state index in [1.54, 1.807) is 0 Å². The van der Waals surface area contributed by atoms with E-state index in [-0.39, 0.29) is 12.1 Å². The van der Waals surface area contributed by atoms with Crippen LogP contribution in [0.25, 0.3) is 0 Å². The highest BCUT2D eigenvalue weighted by Gasteiger charge is 2.41. The minimum atomic E-state index is -2.81. The second kappa shape index (κ2) is 4.52. The molecule has 0 radical (unpaired) electrons. The maximum atomic E-state index is 11.8. The summed E-state index contributed by atoms with van der Waals surface area (Å²) >= 11 is 0. The van der Waals surface area contributed by atoms with Crippen LogP contribution in [0.2, 0.25) is 0 Å². The van der Waals surface area contributed by atoms with Crippen LogP contribution < -0.4 is 5.32 Å². The molecular formula is C12H22N2O2S. The number of hydrogen-bond donors (Lipinski definition) is 1. The zero-order valence-electron chi connectivity index (χ0n) is 10.3. The quantitative estimate of drug-likeness (QED) is 0.785. The third kappa shape index (κ3) is 2.83. The molecule has 2 saturated heterocycles. The van der Waals surface area contributed by atoms with Gasteiger partial charge in [0.15, 0.2) is 9.84 Å². The van der Waals surface area contributed by atoms with E-state index in [9.17, 15) is 8.42 Å². The largest absolute Gasteiger partial charge is 0.311 e. The average Bonchev–Trinajstić information content (AvgIpc) is 2.83. The van der Waals surface area contributed by atoms with Gasteiger partial charge in [0.1, 0.15) is 0 Å². The first-order chi connectivity index (χ1) is 8.14. The Morgan fingerprint density at radius 2 is 1.82 bits per heavy atom. The smallest absolute Gasteiger partial charge is 0.153 e. The Hall–Kier alpha value is -0.130. The molecule has 3 aliphatic rings. The number of likely N-dealkylation sites (tertiary alicyclic amines) is 1. The van der Waals surface area contributed by atoms with Gasteiger partial charge in [0, 0.05) is 12.1 Å². The molecule has 0 spiro atoms. The lowest BCUT2D eigenvalue weighted by Gasteiger charge is -2.28. The fourth-order valence-electron chi connectivity index (χ4n) is 3.10. The third-order valence-electron chi connectivity index (χ3n) is 4.30. The Morgan fingerprint density at radius 3 is 2.47 bits per heavy atom. The molecule has 0 aromatic carbocycles. The van der Waals surface area contributed by atoms with Crippen LogP contribution >= 0.6 is 0 Å².